The smallest absolute Gasteiger partial charge is 0.317 e. The van der Waals surface area contributed by atoms with Gasteiger partial charge in [-0.25, -0.2) is 0 Å². The molecule has 2 atom stereocenters. The van der Waals surface area contributed by atoms with Gasteiger partial charge in [-0.2, -0.15) is 11.8 Å². The molecular formula is C44H70N6O17S. The molecule has 0 saturated carbocycles. The number of amides is 3. The molecule has 0 bridgehead atoms. The SMILES string of the molecule is CSCC[C@H](CC(=O)COCCOCCOCCCC(=O)CN1CCN(CC(=O)O)CCN(CC(=O)O)CCN(CC(=O)O)CC1)C(=O)NCC(=O)C[C@@H](CCCCN1C(=O)C=CC1=O)C(=O)O. The molecule has 2 rings (SSSR count). The van der Waals surface area contributed by atoms with Crippen LogP contribution in [-0.2, 0) is 62.2 Å². The van der Waals surface area contributed by atoms with E-state index in [1.54, 1.807) is 14.7 Å². The van der Waals surface area contributed by atoms with Crippen LogP contribution in [0.15, 0.2) is 12.2 Å². The van der Waals surface area contributed by atoms with Gasteiger partial charge in [0.1, 0.15) is 12.4 Å². The number of imide groups is 1. The van der Waals surface area contributed by atoms with Crippen LogP contribution in [0.5, 0.6) is 0 Å². The van der Waals surface area contributed by atoms with Gasteiger partial charge >= 0.3 is 23.9 Å². The van der Waals surface area contributed by atoms with Gasteiger partial charge in [-0.3, -0.25) is 72.4 Å². The van der Waals surface area contributed by atoms with Gasteiger partial charge < -0.3 is 40.0 Å². The average molecular weight is 987 g/mol. The van der Waals surface area contributed by atoms with E-state index in [1.807, 2.05) is 11.2 Å². The number of nitrogens with zero attached hydrogens (tertiary/aromatic N) is 5. The van der Waals surface area contributed by atoms with Gasteiger partial charge in [0.15, 0.2) is 11.6 Å². The number of hydrogen-bond donors (Lipinski definition) is 5. The summed E-state index contributed by atoms with van der Waals surface area (Å²) in [7, 11) is 0. The normalized spacial score (nSPS) is 16.8. The third kappa shape index (κ3) is 27.3. The molecule has 0 aromatic heterocycles. The molecule has 2 heterocycles. The summed E-state index contributed by atoms with van der Waals surface area (Å²) in [6.07, 6.45) is 5.73. The van der Waals surface area contributed by atoms with Crippen LogP contribution >= 0.6 is 11.8 Å². The standard InChI is InChI=1S/C44H70N6O17S/c1-68-24-9-33(43(62)45-27-36(52)26-34(44(63)64)5-2-3-10-50-38(54)7-8-39(50)55)25-37(53)32-67-23-22-66-21-20-65-19-4-6-35(51)28-46-11-13-47(29-40(56)57)15-17-49(31-42(60)61)18-16-48(14-12-46)30-41(58)59/h7-8,33-34H,2-6,9-32H2,1H3,(H,45,62)(H,56,57)(H,58,59)(H,60,61)(H,63,64)/t33-,34-/m1/s1. The lowest BCUT2D eigenvalue weighted by Gasteiger charge is -2.32. The van der Waals surface area contributed by atoms with Crippen LogP contribution in [0.25, 0.3) is 0 Å². The Morgan fingerprint density at radius 1 is 0.588 bits per heavy atom. The van der Waals surface area contributed by atoms with E-state index < -0.39 is 59.2 Å². The van der Waals surface area contributed by atoms with E-state index >= 15 is 0 Å². The maximum absolute atomic E-state index is 13.0. The van der Waals surface area contributed by atoms with E-state index in [2.05, 4.69) is 5.32 Å². The summed E-state index contributed by atoms with van der Waals surface area (Å²) < 4.78 is 16.5. The zero-order valence-electron chi connectivity index (χ0n) is 39.1. The number of carboxylic acids is 4. The van der Waals surface area contributed by atoms with E-state index in [4.69, 9.17) is 14.2 Å². The highest BCUT2D eigenvalue weighted by molar-refractivity contribution is 7.98. The van der Waals surface area contributed by atoms with E-state index in [0.717, 1.165) is 4.90 Å². The van der Waals surface area contributed by atoms with Crippen molar-refractivity contribution in [2.45, 2.75) is 51.4 Å². The minimum absolute atomic E-state index is 0.0595. The molecule has 3 amide bonds. The molecule has 1 fully saturated rings. The van der Waals surface area contributed by atoms with Crippen molar-refractivity contribution in [1.82, 2.24) is 29.8 Å². The van der Waals surface area contributed by atoms with Crippen molar-refractivity contribution in [3.05, 3.63) is 12.2 Å². The fraction of sp³-hybridized carbons (Fsp3) is 0.727. The summed E-state index contributed by atoms with van der Waals surface area (Å²) in [6, 6.07) is 0. The number of carbonyl (C=O) groups is 10. The van der Waals surface area contributed by atoms with Gasteiger partial charge in [-0.15, -0.1) is 0 Å². The zero-order chi connectivity index (χ0) is 50.3. The molecular weight excluding hydrogens is 917 g/mol. The molecule has 0 unspecified atom stereocenters. The summed E-state index contributed by atoms with van der Waals surface area (Å²) in [5.74, 6) is -7.59. The maximum Gasteiger partial charge on any atom is 0.317 e. The first-order valence-corrected chi connectivity index (χ1v) is 24.2. The highest BCUT2D eigenvalue weighted by Crippen LogP contribution is 2.17. The van der Waals surface area contributed by atoms with Crippen LogP contribution in [0.1, 0.15) is 51.4 Å². The van der Waals surface area contributed by atoms with E-state index in [1.165, 1.54) is 23.9 Å². The predicted octanol–water partition coefficient (Wildman–Crippen LogP) is -0.939. The lowest BCUT2D eigenvalue weighted by molar-refractivity contribution is -0.144. The third-order valence-electron chi connectivity index (χ3n) is 11.0. The van der Waals surface area contributed by atoms with Gasteiger partial charge in [-0.1, -0.05) is 6.42 Å². The number of Topliss-reactive ketones (excluding diaryl/α,β-unsaturated/α-hetero) is 3. The number of ketones is 3. The number of ether oxygens (including phenoxy) is 3. The van der Waals surface area contributed by atoms with Gasteiger partial charge in [0.2, 0.25) is 5.91 Å². The molecule has 384 valence electrons. The molecule has 2 aliphatic heterocycles. The first kappa shape index (κ1) is 59.4. The predicted molar refractivity (Wildman–Crippen MR) is 245 cm³/mol. The van der Waals surface area contributed by atoms with Crippen molar-refractivity contribution in [2.75, 3.05) is 143 Å². The van der Waals surface area contributed by atoms with Crippen molar-refractivity contribution in [3.8, 4) is 0 Å². The minimum Gasteiger partial charge on any atom is -0.481 e. The van der Waals surface area contributed by atoms with Crippen LogP contribution in [0.4, 0.5) is 0 Å². The van der Waals surface area contributed by atoms with Crippen molar-refractivity contribution in [1.29, 1.82) is 0 Å². The van der Waals surface area contributed by atoms with Crippen LogP contribution in [0.3, 0.4) is 0 Å². The van der Waals surface area contributed by atoms with Gasteiger partial charge in [-0.05, 0) is 37.7 Å². The summed E-state index contributed by atoms with van der Waals surface area (Å²) in [5, 5.41) is 40.3. The number of unbranched alkanes of at least 4 members (excludes halogenated alkanes) is 1. The molecule has 2 aliphatic rings. The third-order valence-corrected chi connectivity index (χ3v) is 11.7. The van der Waals surface area contributed by atoms with Crippen molar-refractivity contribution in [2.24, 2.45) is 11.8 Å². The summed E-state index contributed by atoms with van der Waals surface area (Å²) in [4.78, 5) is 129. The molecule has 0 aromatic carbocycles. The molecule has 0 radical (unpaired) electrons. The quantitative estimate of drug-likeness (QED) is 0.0374. The second-order valence-corrected chi connectivity index (χ2v) is 17.6. The fourth-order valence-corrected chi connectivity index (χ4v) is 7.85. The highest BCUT2D eigenvalue weighted by Gasteiger charge is 2.27. The summed E-state index contributed by atoms with van der Waals surface area (Å²) in [6.45, 7) is 2.32. The highest BCUT2D eigenvalue weighted by atomic mass is 32.2. The maximum atomic E-state index is 13.0. The van der Waals surface area contributed by atoms with E-state index in [-0.39, 0.29) is 136 Å². The van der Waals surface area contributed by atoms with Crippen molar-refractivity contribution >= 4 is 70.7 Å². The number of rotatable bonds is 36. The second kappa shape index (κ2) is 34.6. The topological polar surface area (TPSA) is 308 Å². The monoisotopic (exact) mass is 986 g/mol. The number of carbonyl (C=O) groups excluding carboxylic acids is 6. The second-order valence-electron chi connectivity index (χ2n) is 16.6. The van der Waals surface area contributed by atoms with E-state index in [0.29, 0.717) is 64.2 Å². The number of carboxylic acid groups (broad SMARTS) is 4. The Kier molecular flexibility index (Phi) is 30.2. The molecule has 68 heavy (non-hydrogen) atoms. The van der Waals surface area contributed by atoms with Crippen LogP contribution in [0, 0.1) is 11.8 Å². The number of thioether (sulfide) groups is 1. The molecule has 23 nitrogen and oxygen atoms in total. The Morgan fingerprint density at radius 3 is 1.54 bits per heavy atom. The molecule has 0 aliphatic carbocycles. The Labute approximate surface area is 400 Å². The number of aliphatic carboxylic acids is 4. The Morgan fingerprint density at radius 2 is 1.06 bits per heavy atom. The largest absolute Gasteiger partial charge is 0.481 e. The molecule has 1 saturated heterocycles. The fourth-order valence-electron chi connectivity index (χ4n) is 7.33. The van der Waals surface area contributed by atoms with Gasteiger partial charge in [0.25, 0.3) is 11.8 Å². The van der Waals surface area contributed by atoms with Gasteiger partial charge in [0.05, 0.1) is 65.1 Å². The van der Waals surface area contributed by atoms with E-state index in [9.17, 15) is 68.4 Å². The van der Waals surface area contributed by atoms with Crippen molar-refractivity contribution in [3.63, 3.8) is 0 Å². The summed E-state index contributed by atoms with van der Waals surface area (Å²) >= 11 is 1.49. The summed E-state index contributed by atoms with van der Waals surface area (Å²) in [5.41, 5.74) is 0. The van der Waals surface area contributed by atoms with Crippen LogP contribution in [-0.4, -0.2) is 247 Å². The lowest BCUT2D eigenvalue weighted by Crippen LogP contribution is -2.49. The molecule has 24 heteroatoms. The molecule has 0 aromatic rings. The van der Waals surface area contributed by atoms with Gasteiger partial charge in [0, 0.05) is 103 Å². The average Bonchev–Trinajstić information content (AvgIpc) is 3.59. The number of nitrogens with one attached hydrogen (secondary N) is 1. The molecule has 0 spiro atoms. The Hall–Kier alpha value is -4.69. The Balaban J connectivity index is 1.65. The first-order chi connectivity index (χ1) is 32.5. The minimum atomic E-state index is -1.16. The number of hydrogen-bond acceptors (Lipinski definition) is 18. The first-order valence-electron chi connectivity index (χ1n) is 22.8. The zero-order valence-corrected chi connectivity index (χ0v) is 39.9. The molecule has 5 N–H and O–H groups in total. The van der Waals surface area contributed by atoms with Crippen LogP contribution in [0.2, 0.25) is 0 Å². The van der Waals surface area contributed by atoms with Crippen molar-refractivity contribution < 1.29 is 82.6 Å². The Bertz CT molecular complexity index is 1650. The van der Waals surface area contributed by atoms with Crippen LogP contribution < -0.4 is 5.32 Å². The lowest BCUT2D eigenvalue weighted by atomic mass is 9.95.